The highest BCUT2D eigenvalue weighted by molar-refractivity contribution is 7.12. The molecule has 0 amide bonds. The molecule has 1 heterocycles. The fraction of sp³-hybridized carbons (Fsp3) is 0.706. The average Bonchev–Trinajstić information content (AvgIpc) is 2.82. The number of carbonyl (C=O) groups is 1. The summed E-state index contributed by atoms with van der Waals surface area (Å²) in [5, 5.41) is 12.7. The van der Waals surface area contributed by atoms with Gasteiger partial charge in [0, 0.05) is 21.8 Å². The van der Waals surface area contributed by atoms with Crippen LogP contribution >= 0.6 is 11.3 Å². The molecule has 21 heavy (non-hydrogen) atoms. The maximum atomic E-state index is 10.8. The molecule has 4 saturated carbocycles. The molecule has 2 N–H and O–H groups in total. The predicted octanol–water partition coefficient (Wildman–Crippen LogP) is 3.43. The lowest BCUT2D eigenvalue weighted by atomic mass is 9.53. The van der Waals surface area contributed by atoms with Crippen LogP contribution in [0.25, 0.3) is 0 Å². The maximum absolute atomic E-state index is 10.8. The van der Waals surface area contributed by atoms with E-state index in [1.54, 1.807) is 11.3 Å². The Morgan fingerprint density at radius 3 is 2.29 bits per heavy atom. The van der Waals surface area contributed by atoms with Crippen LogP contribution in [0.1, 0.15) is 48.3 Å². The fourth-order valence-electron chi connectivity index (χ4n) is 5.36. The summed E-state index contributed by atoms with van der Waals surface area (Å²) >= 11 is 1.65. The molecule has 0 aromatic carbocycles. The van der Waals surface area contributed by atoms with Crippen molar-refractivity contribution in [3.8, 4) is 0 Å². The number of thiophene rings is 1. The molecule has 0 spiro atoms. The van der Waals surface area contributed by atoms with E-state index in [2.05, 4.69) is 11.4 Å². The van der Waals surface area contributed by atoms with E-state index < -0.39 is 5.97 Å². The van der Waals surface area contributed by atoms with Crippen molar-refractivity contribution in [2.45, 2.75) is 57.0 Å². The highest BCUT2D eigenvalue weighted by Crippen LogP contribution is 2.55. The van der Waals surface area contributed by atoms with Crippen LogP contribution in [0, 0.1) is 17.8 Å². The highest BCUT2D eigenvalue weighted by Gasteiger charge is 2.50. The molecule has 3 nitrogen and oxygen atoms in total. The van der Waals surface area contributed by atoms with Crippen molar-refractivity contribution in [3.63, 3.8) is 0 Å². The molecule has 0 saturated heterocycles. The summed E-state index contributed by atoms with van der Waals surface area (Å²) in [6.07, 6.45) is 8.68. The minimum absolute atomic E-state index is 0.155. The first-order valence-electron chi connectivity index (χ1n) is 8.15. The second-order valence-electron chi connectivity index (χ2n) is 7.49. The zero-order valence-electron chi connectivity index (χ0n) is 12.3. The Hall–Kier alpha value is -0.870. The van der Waals surface area contributed by atoms with Crippen LogP contribution in [0.2, 0.25) is 0 Å². The first-order chi connectivity index (χ1) is 10.1. The van der Waals surface area contributed by atoms with Gasteiger partial charge in [0.05, 0.1) is 6.42 Å². The Morgan fingerprint density at radius 1 is 1.14 bits per heavy atom. The van der Waals surface area contributed by atoms with E-state index in [0.29, 0.717) is 5.54 Å². The van der Waals surface area contributed by atoms with Crippen molar-refractivity contribution < 1.29 is 9.90 Å². The number of nitrogens with one attached hydrogen (secondary N) is 1. The van der Waals surface area contributed by atoms with Gasteiger partial charge in [-0.2, -0.15) is 0 Å². The normalized spacial score (nSPS) is 37.0. The van der Waals surface area contributed by atoms with E-state index in [1.165, 1.54) is 43.4 Å². The molecular formula is C17H23NO2S. The fourth-order valence-corrected chi connectivity index (χ4v) is 6.31. The summed E-state index contributed by atoms with van der Waals surface area (Å²) in [6.45, 7) is 0.913. The Bertz CT molecular complexity index is 515. The Balaban J connectivity index is 1.40. The number of aliphatic carboxylic acids is 1. The minimum Gasteiger partial charge on any atom is -0.481 e. The van der Waals surface area contributed by atoms with Crippen molar-refractivity contribution in [1.82, 2.24) is 5.32 Å². The SMILES string of the molecule is O=C(O)Cc1ccc(CNC23CC4CC(CC(C4)C2)C3)s1. The Labute approximate surface area is 129 Å². The van der Waals surface area contributed by atoms with Crippen LogP contribution in [-0.2, 0) is 17.8 Å². The van der Waals surface area contributed by atoms with E-state index in [-0.39, 0.29) is 6.42 Å². The number of carboxylic acid groups (broad SMARTS) is 1. The average molecular weight is 305 g/mol. The van der Waals surface area contributed by atoms with Gasteiger partial charge in [0.25, 0.3) is 0 Å². The minimum atomic E-state index is -0.738. The van der Waals surface area contributed by atoms with Gasteiger partial charge in [0.2, 0.25) is 0 Å². The zero-order chi connectivity index (χ0) is 14.4. The third-order valence-corrected chi connectivity index (χ3v) is 6.80. The third-order valence-electron chi connectivity index (χ3n) is 5.72. The van der Waals surface area contributed by atoms with Crippen LogP contribution in [0.5, 0.6) is 0 Å². The van der Waals surface area contributed by atoms with Crippen LogP contribution in [0.3, 0.4) is 0 Å². The number of rotatable bonds is 5. The quantitative estimate of drug-likeness (QED) is 0.876. The van der Waals surface area contributed by atoms with Crippen molar-refractivity contribution in [2.75, 3.05) is 0 Å². The summed E-state index contributed by atoms with van der Waals surface area (Å²) in [5.41, 5.74) is 0.395. The van der Waals surface area contributed by atoms with E-state index in [4.69, 9.17) is 5.11 Å². The molecule has 1 aromatic rings. The van der Waals surface area contributed by atoms with Gasteiger partial charge in [0.1, 0.15) is 0 Å². The van der Waals surface area contributed by atoms with Crippen LogP contribution in [0.4, 0.5) is 0 Å². The summed E-state index contributed by atoms with van der Waals surface area (Å²) in [4.78, 5) is 13.0. The van der Waals surface area contributed by atoms with Crippen molar-refractivity contribution in [3.05, 3.63) is 21.9 Å². The summed E-state index contributed by atoms with van der Waals surface area (Å²) in [6, 6.07) is 4.06. The molecule has 5 rings (SSSR count). The molecule has 1 aromatic heterocycles. The lowest BCUT2D eigenvalue weighted by Crippen LogP contribution is -2.58. The van der Waals surface area contributed by atoms with Crippen LogP contribution in [0.15, 0.2) is 12.1 Å². The second kappa shape index (κ2) is 5.10. The molecule has 0 aliphatic heterocycles. The first kappa shape index (κ1) is 13.8. The van der Waals surface area contributed by atoms with Gasteiger partial charge < -0.3 is 10.4 Å². The van der Waals surface area contributed by atoms with Crippen LogP contribution < -0.4 is 5.32 Å². The summed E-state index contributed by atoms with van der Waals surface area (Å²) in [5.74, 6) is 2.16. The molecular weight excluding hydrogens is 282 g/mol. The van der Waals surface area contributed by atoms with Crippen molar-refractivity contribution in [1.29, 1.82) is 0 Å². The van der Waals surface area contributed by atoms with Gasteiger partial charge >= 0.3 is 5.97 Å². The van der Waals surface area contributed by atoms with Gasteiger partial charge in [-0.3, -0.25) is 4.79 Å². The van der Waals surface area contributed by atoms with Gasteiger partial charge in [-0.05, 0) is 68.4 Å². The topological polar surface area (TPSA) is 49.3 Å². The molecule has 4 bridgehead atoms. The zero-order valence-corrected chi connectivity index (χ0v) is 13.1. The van der Waals surface area contributed by atoms with Gasteiger partial charge in [-0.25, -0.2) is 0 Å². The number of hydrogen-bond donors (Lipinski definition) is 2. The van der Waals surface area contributed by atoms with E-state index >= 15 is 0 Å². The highest BCUT2D eigenvalue weighted by atomic mass is 32.1. The van der Waals surface area contributed by atoms with Crippen molar-refractivity contribution >= 4 is 17.3 Å². The molecule has 4 fully saturated rings. The Morgan fingerprint density at radius 2 is 1.71 bits per heavy atom. The van der Waals surface area contributed by atoms with E-state index in [9.17, 15) is 4.79 Å². The smallest absolute Gasteiger partial charge is 0.308 e. The lowest BCUT2D eigenvalue weighted by molar-refractivity contribution is -0.136. The lowest BCUT2D eigenvalue weighted by Gasteiger charge is -2.57. The monoisotopic (exact) mass is 305 g/mol. The third kappa shape index (κ3) is 2.76. The van der Waals surface area contributed by atoms with Crippen molar-refractivity contribution in [2.24, 2.45) is 17.8 Å². The van der Waals surface area contributed by atoms with E-state index in [1.807, 2.05) is 6.07 Å². The molecule has 0 unspecified atom stereocenters. The van der Waals surface area contributed by atoms with E-state index in [0.717, 1.165) is 29.2 Å². The Kier molecular flexibility index (Phi) is 3.34. The molecule has 4 aliphatic carbocycles. The molecule has 4 heteroatoms. The predicted molar refractivity (Wildman–Crippen MR) is 83.4 cm³/mol. The van der Waals surface area contributed by atoms with Crippen LogP contribution in [-0.4, -0.2) is 16.6 Å². The number of carboxylic acids is 1. The maximum Gasteiger partial charge on any atom is 0.308 e. The number of hydrogen-bond acceptors (Lipinski definition) is 3. The van der Waals surface area contributed by atoms with Gasteiger partial charge in [-0.1, -0.05) is 0 Å². The standard InChI is InChI=1S/C17H23NO2S/c19-16(20)6-14-1-2-15(21-14)10-18-17-7-11-3-12(8-17)5-13(4-11)9-17/h1-2,11-13,18H,3-10H2,(H,19,20). The second-order valence-corrected chi connectivity index (χ2v) is 8.74. The summed E-state index contributed by atoms with van der Waals surface area (Å²) in [7, 11) is 0. The van der Waals surface area contributed by atoms with Gasteiger partial charge in [-0.15, -0.1) is 11.3 Å². The largest absolute Gasteiger partial charge is 0.481 e. The first-order valence-corrected chi connectivity index (χ1v) is 8.96. The van der Waals surface area contributed by atoms with Gasteiger partial charge in [0.15, 0.2) is 0 Å². The summed E-state index contributed by atoms with van der Waals surface area (Å²) < 4.78 is 0. The molecule has 0 atom stereocenters. The molecule has 0 radical (unpaired) electrons. The molecule has 4 aliphatic rings. The molecule has 114 valence electrons.